The zero-order chi connectivity index (χ0) is 20.3. The van der Waals surface area contributed by atoms with Gasteiger partial charge < -0.3 is 4.90 Å². The molecule has 0 radical (unpaired) electrons. The van der Waals surface area contributed by atoms with E-state index in [9.17, 15) is 14.4 Å². The van der Waals surface area contributed by atoms with Gasteiger partial charge in [-0.3, -0.25) is 14.4 Å². The molecule has 140 valence electrons. The zero-order valence-corrected chi connectivity index (χ0v) is 16.5. The predicted octanol–water partition coefficient (Wildman–Crippen LogP) is 6.29. The number of carbonyl (C=O) groups excluding carboxylic acids is 3. The van der Waals surface area contributed by atoms with Crippen molar-refractivity contribution in [3.8, 4) is 0 Å². The van der Waals surface area contributed by atoms with E-state index < -0.39 is 15.7 Å². The van der Waals surface area contributed by atoms with Crippen molar-refractivity contribution in [2.75, 3.05) is 4.90 Å². The molecule has 0 atom stereocenters. The molecule has 7 heteroatoms. The number of hydrogen-bond donors (Lipinski definition) is 0. The van der Waals surface area contributed by atoms with E-state index in [1.807, 2.05) is 4.90 Å². The smallest absolute Gasteiger partial charge is 0.252 e. The van der Waals surface area contributed by atoms with Crippen LogP contribution in [0.15, 0.2) is 72.8 Å². The lowest BCUT2D eigenvalue weighted by Crippen LogP contribution is -2.10. The Balaban J connectivity index is 2.08. The third-order valence-electron chi connectivity index (χ3n) is 4.06. The van der Waals surface area contributed by atoms with Gasteiger partial charge in [0.1, 0.15) is 0 Å². The molecule has 0 aromatic heterocycles. The summed E-state index contributed by atoms with van der Waals surface area (Å²) in [6.07, 6.45) is 0. The lowest BCUT2D eigenvalue weighted by Gasteiger charge is -2.25. The summed E-state index contributed by atoms with van der Waals surface area (Å²) in [5, 5.41) is -1.64. The number of rotatable bonds is 6. The third-order valence-corrected chi connectivity index (χ3v) is 4.71. The van der Waals surface area contributed by atoms with E-state index >= 15 is 0 Å². The fraction of sp³-hybridized carbons (Fsp3) is 0. The standard InChI is InChI=1S/C21H12Cl3NO3/c22-19(26)13-1-7-16(8-2-13)25(17-9-3-14(4-10-17)20(23)27)18-11-5-15(6-12-18)21(24)28/h1-12H. The molecule has 0 aliphatic carbocycles. The topological polar surface area (TPSA) is 54.5 Å². The van der Waals surface area contributed by atoms with Crippen LogP contribution in [0.5, 0.6) is 0 Å². The highest BCUT2D eigenvalue weighted by Crippen LogP contribution is 2.35. The maximum atomic E-state index is 11.3. The SMILES string of the molecule is O=C(Cl)c1ccc(N(c2ccc(C(=O)Cl)cc2)c2ccc(C(=O)Cl)cc2)cc1. The van der Waals surface area contributed by atoms with Crippen molar-refractivity contribution in [2.24, 2.45) is 0 Å². The van der Waals surface area contributed by atoms with Gasteiger partial charge in [0.15, 0.2) is 0 Å². The van der Waals surface area contributed by atoms with Gasteiger partial charge >= 0.3 is 0 Å². The third kappa shape index (κ3) is 4.42. The fourth-order valence-corrected chi connectivity index (χ4v) is 3.05. The van der Waals surface area contributed by atoms with Crippen molar-refractivity contribution < 1.29 is 14.4 Å². The molecule has 28 heavy (non-hydrogen) atoms. The second-order valence-electron chi connectivity index (χ2n) is 5.80. The van der Waals surface area contributed by atoms with Crippen molar-refractivity contribution >= 4 is 67.6 Å². The van der Waals surface area contributed by atoms with Gasteiger partial charge in [-0.15, -0.1) is 0 Å². The van der Waals surface area contributed by atoms with E-state index in [2.05, 4.69) is 0 Å². The Morgan fingerprint density at radius 1 is 0.464 bits per heavy atom. The Hall–Kier alpha value is -2.66. The molecule has 0 heterocycles. The highest BCUT2D eigenvalue weighted by Gasteiger charge is 2.14. The first-order valence-electron chi connectivity index (χ1n) is 8.06. The molecule has 0 bridgehead atoms. The predicted molar refractivity (Wildman–Crippen MR) is 112 cm³/mol. The Labute approximate surface area is 176 Å². The van der Waals surface area contributed by atoms with E-state index in [1.54, 1.807) is 72.8 Å². The zero-order valence-electron chi connectivity index (χ0n) is 14.2. The van der Waals surface area contributed by atoms with E-state index in [0.29, 0.717) is 16.7 Å². The average Bonchev–Trinajstić information content (AvgIpc) is 2.69. The monoisotopic (exact) mass is 431 g/mol. The quantitative estimate of drug-likeness (QED) is 0.429. The van der Waals surface area contributed by atoms with Crippen LogP contribution in [0.2, 0.25) is 0 Å². The lowest BCUT2D eigenvalue weighted by molar-refractivity contribution is 0.107. The second kappa shape index (κ2) is 8.57. The van der Waals surface area contributed by atoms with Crippen LogP contribution in [0.25, 0.3) is 0 Å². The van der Waals surface area contributed by atoms with Gasteiger partial charge in [0.05, 0.1) is 0 Å². The summed E-state index contributed by atoms with van der Waals surface area (Å²) in [5.41, 5.74) is 3.36. The average molecular weight is 433 g/mol. The Bertz CT molecular complexity index is 893. The summed E-state index contributed by atoms with van der Waals surface area (Å²) in [6.45, 7) is 0. The molecule has 3 aromatic carbocycles. The normalized spacial score (nSPS) is 10.4. The summed E-state index contributed by atoms with van der Waals surface area (Å²) in [6, 6.07) is 20.2. The molecule has 0 N–H and O–H groups in total. The number of carbonyl (C=O) groups is 3. The van der Waals surface area contributed by atoms with Crippen molar-refractivity contribution in [2.45, 2.75) is 0 Å². The minimum absolute atomic E-state index is 0.372. The van der Waals surface area contributed by atoms with Crippen LogP contribution in [-0.2, 0) is 0 Å². The summed E-state index contributed by atoms with van der Waals surface area (Å²) < 4.78 is 0. The van der Waals surface area contributed by atoms with Crippen LogP contribution in [0.4, 0.5) is 17.1 Å². The molecule has 0 saturated heterocycles. The first-order valence-corrected chi connectivity index (χ1v) is 9.20. The minimum Gasteiger partial charge on any atom is -0.311 e. The first-order chi connectivity index (χ1) is 13.4. The number of anilines is 3. The van der Waals surface area contributed by atoms with Crippen LogP contribution in [0, 0.1) is 0 Å². The highest BCUT2D eigenvalue weighted by molar-refractivity contribution is 6.68. The van der Waals surface area contributed by atoms with E-state index in [0.717, 1.165) is 17.1 Å². The van der Waals surface area contributed by atoms with E-state index in [-0.39, 0.29) is 0 Å². The van der Waals surface area contributed by atoms with Crippen molar-refractivity contribution in [3.05, 3.63) is 89.5 Å². The summed E-state index contributed by atoms with van der Waals surface area (Å²) in [7, 11) is 0. The van der Waals surface area contributed by atoms with Crippen LogP contribution >= 0.6 is 34.8 Å². The Kier molecular flexibility index (Phi) is 6.15. The number of hydrogen-bond acceptors (Lipinski definition) is 4. The molecule has 0 aliphatic rings. The molecule has 3 rings (SSSR count). The number of halogens is 3. The van der Waals surface area contributed by atoms with Gasteiger partial charge in [-0.05, 0) is 108 Å². The number of benzene rings is 3. The molecule has 4 nitrogen and oxygen atoms in total. The van der Waals surface area contributed by atoms with Crippen molar-refractivity contribution in [3.63, 3.8) is 0 Å². The fourth-order valence-electron chi connectivity index (χ4n) is 2.67. The summed E-state index contributed by atoms with van der Waals surface area (Å²) >= 11 is 16.6. The van der Waals surface area contributed by atoms with Crippen LogP contribution in [0.1, 0.15) is 31.1 Å². The van der Waals surface area contributed by atoms with E-state index in [1.165, 1.54) is 0 Å². The molecule has 0 saturated carbocycles. The Morgan fingerprint density at radius 3 is 0.857 bits per heavy atom. The largest absolute Gasteiger partial charge is 0.311 e. The Morgan fingerprint density at radius 2 is 0.679 bits per heavy atom. The second-order valence-corrected chi connectivity index (χ2v) is 6.83. The van der Waals surface area contributed by atoms with Crippen molar-refractivity contribution in [1.29, 1.82) is 0 Å². The molecular formula is C21H12Cl3NO3. The van der Waals surface area contributed by atoms with Gasteiger partial charge in [0.25, 0.3) is 15.7 Å². The van der Waals surface area contributed by atoms with Gasteiger partial charge in [0, 0.05) is 33.8 Å². The number of nitrogens with zero attached hydrogens (tertiary/aromatic N) is 1. The summed E-state index contributed by atoms with van der Waals surface area (Å²) in [4.78, 5) is 35.9. The van der Waals surface area contributed by atoms with Gasteiger partial charge in [0.2, 0.25) is 0 Å². The van der Waals surface area contributed by atoms with E-state index in [4.69, 9.17) is 34.8 Å². The van der Waals surface area contributed by atoms with Crippen LogP contribution < -0.4 is 4.90 Å². The van der Waals surface area contributed by atoms with Gasteiger partial charge in [-0.25, -0.2) is 0 Å². The first kappa shape index (κ1) is 20.1. The molecule has 3 aromatic rings. The molecular weight excluding hydrogens is 421 g/mol. The molecule has 0 fully saturated rings. The van der Waals surface area contributed by atoms with Crippen LogP contribution in [-0.4, -0.2) is 15.7 Å². The van der Waals surface area contributed by atoms with Crippen LogP contribution in [0.3, 0.4) is 0 Å². The summed E-state index contributed by atoms with van der Waals surface area (Å²) in [5.74, 6) is 0. The maximum absolute atomic E-state index is 11.3. The minimum atomic E-state index is -0.548. The highest BCUT2D eigenvalue weighted by atomic mass is 35.5. The van der Waals surface area contributed by atoms with Gasteiger partial charge in [-0.2, -0.15) is 0 Å². The molecule has 0 aliphatic heterocycles. The maximum Gasteiger partial charge on any atom is 0.252 e. The molecule has 0 amide bonds. The van der Waals surface area contributed by atoms with Crippen molar-refractivity contribution in [1.82, 2.24) is 0 Å². The van der Waals surface area contributed by atoms with Gasteiger partial charge in [-0.1, -0.05) is 0 Å². The molecule has 0 unspecified atom stereocenters. The lowest BCUT2D eigenvalue weighted by atomic mass is 10.1. The molecule has 0 spiro atoms.